The van der Waals surface area contributed by atoms with E-state index >= 15 is 0 Å². The zero-order chi connectivity index (χ0) is 62.1. The molecule has 13 rings (SSSR count). The van der Waals surface area contributed by atoms with Crippen molar-refractivity contribution in [3.63, 3.8) is 0 Å². The summed E-state index contributed by atoms with van der Waals surface area (Å²) in [6.45, 7) is 27.6. The molecule has 0 amide bonds. The van der Waals surface area contributed by atoms with Crippen LogP contribution in [-0.4, -0.2) is 14.1 Å². The second-order valence-corrected chi connectivity index (χ2v) is 28.7. The van der Waals surface area contributed by atoms with Crippen molar-refractivity contribution in [2.75, 3.05) is 9.80 Å². The fraction of sp³-hybridized carbons (Fsp3) is 0.195. The normalized spacial score (nSPS) is 12.7. The summed E-state index contributed by atoms with van der Waals surface area (Å²) in [7, 11) is 0. The van der Waals surface area contributed by atoms with Crippen molar-refractivity contribution in [3.05, 3.63) is 275 Å². The van der Waals surface area contributed by atoms with Crippen LogP contribution in [0.15, 0.2) is 249 Å². The van der Waals surface area contributed by atoms with E-state index in [2.05, 4.69) is 364 Å². The first-order valence-corrected chi connectivity index (χ1v) is 32.1. The zero-order valence-electron chi connectivity index (χ0n) is 53.1. The standard InChI is InChI=1S/C82H77N5O.Pt/c1-79(2,3)57-44-45-83-77(51-57)87-73-39-24-21-33-68(73)67-32-19-22-37-71(67)86(62-48-58(80(4,5)6)46-59(49-62)81(7,8)9)72-38-23-20-34-69(72)70-43-42-63(53-76(70)87)88-64-50-60(82(10,11)12)47-61(52-64)84-54-85(75-41-26-25-40-74(75)84)78-65(55-28-15-13-16-29-55)35-27-36-66(78)56-30-17-14-18-31-56;/h13-53H,1-12H3;. The average Bonchev–Trinajstić information content (AvgIpc) is 1.82. The van der Waals surface area contributed by atoms with Gasteiger partial charge in [0.05, 0.1) is 5.69 Å². The number of nitrogens with zero attached hydrogens (tertiary/aromatic N) is 5. The van der Waals surface area contributed by atoms with Crippen molar-refractivity contribution in [2.45, 2.75) is 105 Å². The average molecular weight is 1340 g/mol. The molecule has 3 heterocycles. The first-order chi connectivity index (χ1) is 42.6. The van der Waals surface area contributed by atoms with E-state index in [1.807, 2.05) is 6.20 Å². The maximum absolute atomic E-state index is 7.46. The molecule has 0 aliphatic carbocycles. The Hall–Kier alpha value is -9.09. The zero-order valence-corrected chi connectivity index (χ0v) is 55.4. The number of imidazole rings is 1. The predicted octanol–water partition coefficient (Wildman–Crippen LogP) is 22.8. The van der Waals surface area contributed by atoms with Gasteiger partial charge in [0, 0.05) is 17.4 Å². The molecule has 2 aromatic heterocycles. The second kappa shape index (κ2) is 22.8. The van der Waals surface area contributed by atoms with Crippen molar-refractivity contribution in [3.8, 4) is 67.4 Å². The van der Waals surface area contributed by atoms with Gasteiger partial charge in [0.2, 0.25) is 0 Å². The van der Waals surface area contributed by atoms with E-state index in [1.54, 1.807) is 0 Å². The molecule has 446 valence electrons. The van der Waals surface area contributed by atoms with E-state index in [4.69, 9.17) is 9.72 Å². The third kappa shape index (κ3) is 11.2. The van der Waals surface area contributed by atoms with E-state index in [9.17, 15) is 0 Å². The SMILES string of the molecule is CC(C)(C)c1cc(Oc2ccc3c(c2)N(c2cc(C(C)(C)C)ccn2)c2ccccc2-c2ccccc2N(c2cc(C(C)(C)C)cc(C(C)(C)C)c2)c2ccccc2-3)cc(-n2[c](=[Pt])n(-c3c(-c4ccccc4)cccc3-c3ccccc3)c3ccccc32)c1. The molecule has 0 unspecified atom stereocenters. The minimum atomic E-state index is -0.238. The quantitative estimate of drug-likeness (QED) is 0.152. The third-order valence-corrected chi connectivity index (χ3v) is 18.4. The Morgan fingerprint density at radius 2 is 0.764 bits per heavy atom. The summed E-state index contributed by atoms with van der Waals surface area (Å²) in [4.78, 5) is 10.2. The molecule has 0 saturated carbocycles. The summed E-state index contributed by atoms with van der Waals surface area (Å²) in [6, 6.07) is 88.7. The van der Waals surface area contributed by atoms with Crippen LogP contribution in [0, 0.1) is 3.80 Å². The molecule has 0 bridgehead atoms. The molecule has 0 spiro atoms. The molecule has 6 nitrogen and oxygen atoms in total. The molecular weight excluding hydrogens is 1270 g/mol. The van der Waals surface area contributed by atoms with Crippen molar-refractivity contribution in [2.24, 2.45) is 0 Å². The van der Waals surface area contributed by atoms with E-state index in [0.717, 1.165) is 116 Å². The first kappa shape index (κ1) is 58.9. The molecule has 0 fully saturated rings. The molecular formula is C82H77N5OPt. The Morgan fingerprint density at radius 3 is 1.29 bits per heavy atom. The fourth-order valence-electron chi connectivity index (χ4n) is 12.5. The molecule has 1 aliphatic heterocycles. The van der Waals surface area contributed by atoms with E-state index in [-0.39, 0.29) is 21.7 Å². The summed E-state index contributed by atoms with van der Waals surface area (Å²) < 4.78 is 13.3. The number of hydrogen-bond donors (Lipinski definition) is 0. The molecule has 89 heavy (non-hydrogen) atoms. The number of para-hydroxylation sites is 6. The van der Waals surface area contributed by atoms with Crippen molar-refractivity contribution in [1.82, 2.24) is 14.1 Å². The van der Waals surface area contributed by atoms with Crippen LogP contribution in [0.4, 0.5) is 34.3 Å². The molecule has 10 aromatic carbocycles. The van der Waals surface area contributed by atoms with Gasteiger partial charge in [0.15, 0.2) is 0 Å². The molecule has 0 atom stereocenters. The Labute approximate surface area is 536 Å². The van der Waals surface area contributed by atoms with Gasteiger partial charge in [-0.05, 0) is 63.3 Å². The van der Waals surface area contributed by atoms with Gasteiger partial charge in [-0.1, -0.05) is 117 Å². The molecule has 12 aromatic rings. The Kier molecular flexibility index (Phi) is 15.1. The van der Waals surface area contributed by atoms with Gasteiger partial charge in [-0.3, -0.25) is 0 Å². The van der Waals surface area contributed by atoms with Gasteiger partial charge >= 0.3 is 332 Å². The first-order valence-electron chi connectivity index (χ1n) is 31.0. The van der Waals surface area contributed by atoms with Crippen LogP contribution < -0.4 is 14.5 Å². The van der Waals surface area contributed by atoms with Crippen LogP contribution >= 0.6 is 0 Å². The van der Waals surface area contributed by atoms with Crippen molar-refractivity contribution < 1.29 is 24.1 Å². The van der Waals surface area contributed by atoms with Crippen LogP contribution in [-0.2, 0) is 41.0 Å². The van der Waals surface area contributed by atoms with Crippen molar-refractivity contribution >= 4 is 45.3 Å². The van der Waals surface area contributed by atoms with Crippen LogP contribution in [0.3, 0.4) is 0 Å². The van der Waals surface area contributed by atoms with Gasteiger partial charge < -0.3 is 4.90 Å². The molecule has 7 heteroatoms. The van der Waals surface area contributed by atoms with Crippen LogP contribution in [0.25, 0.3) is 66.9 Å². The molecule has 1 aliphatic rings. The Balaban J connectivity index is 1.05. The molecule has 0 radical (unpaired) electrons. The van der Waals surface area contributed by atoms with Gasteiger partial charge in [-0.25, -0.2) is 0 Å². The minimum absolute atomic E-state index is 0.110. The third-order valence-electron chi connectivity index (χ3n) is 17.4. The predicted molar refractivity (Wildman–Crippen MR) is 370 cm³/mol. The molecule has 0 N–H and O–H groups in total. The number of aromatic nitrogens is 3. The number of rotatable bonds is 8. The van der Waals surface area contributed by atoms with Gasteiger partial charge in [-0.15, -0.1) is 0 Å². The van der Waals surface area contributed by atoms with E-state index in [0.29, 0.717) is 5.75 Å². The maximum atomic E-state index is 7.46. The molecule has 0 saturated heterocycles. The number of ether oxygens (including phenoxy) is 1. The Morgan fingerprint density at radius 1 is 0.326 bits per heavy atom. The number of pyridine rings is 1. The summed E-state index contributed by atoms with van der Waals surface area (Å²) in [5.74, 6) is 2.24. The summed E-state index contributed by atoms with van der Waals surface area (Å²) in [5.41, 5.74) is 22.7. The summed E-state index contributed by atoms with van der Waals surface area (Å²) in [5, 5.41) is 0. The number of benzene rings is 10. The van der Waals surface area contributed by atoms with Gasteiger partial charge in [0.1, 0.15) is 0 Å². The monoisotopic (exact) mass is 1340 g/mol. The fourth-order valence-corrected chi connectivity index (χ4v) is 13.6. The summed E-state index contributed by atoms with van der Waals surface area (Å²) >= 11 is 2.55. The topological polar surface area (TPSA) is 38.5 Å². The van der Waals surface area contributed by atoms with Crippen LogP contribution in [0.2, 0.25) is 0 Å². The van der Waals surface area contributed by atoms with Crippen LogP contribution in [0.1, 0.15) is 105 Å². The number of anilines is 6. The summed E-state index contributed by atoms with van der Waals surface area (Å²) in [6.07, 6.45) is 1.97. The van der Waals surface area contributed by atoms with Gasteiger partial charge in [0.25, 0.3) is 0 Å². The van der Waals surface area contributed by atoms with Gasteiger partial charge in [-0.2, -0.15) is 0 Å². The Bertz CT molecular complexity index is 4630. The van der Waals surface area contributed by atoms with E-state index in [1.165, 1.54) is 16.7 Å². The van der Waals surface area contributed by atoms with Crippen LogP contribution in [0.5, 0.6) is 11.5 Å². The number of hydrogen-bond acceptors (Lipinski definition) is 4. The van der Waals surface area contributed by atoms with Crippen molar-refractivity contribution in [1.29, 1.82) is 0 Å². The second-order valence-electron chi connectivity index (χ2n) is 27.7. The number of fused-ring (bicyclic) bond motifs is 7. The van der Waals surface area contributed by atoms with E-state index < -0.39 is 0 Å².